The zero-order valence-electron chi connectivity index (χ0n) is 12.1. The highest BCUT2D eigenvalue weighted by Gasteiger charge is 2.35. The highest BCUT2D eigenvalue weighted by molar-refractivity contribution is 5.82. The molecular weight excluding hydrogens is 274 g/mol. The van der Waals surface area contributed by atoms with E-state index >= 15 is 0 Å². The molecule has 2 rings (SSSR count). The molecule has 0 bridgehead atoms. The van der Waals surface area contributed by atoms with Gasteiger partial charge in [0.2, 0.25) is 6.10 Å². The highest BCUT2D eigenvalue weighted by atomic mass is 16.6. The van der Waals surface area contributed by atoms with Crippen LogP contribution in [0.3, 0.4) is 0 Å². The highest BCUT2D eigenvalue weighted by Crippen LogP contribution is 2.33. The third-order valence-electron chi connectivity index (χ3n) is 3.35. The van der Waals surface area contributed by atoms with Crippen LogP contribution in [0.5, 0.6) is 11.5 Å². The Balaban J connectivity index is 1.98. The summed E-state index contributed by atoms with van der Waals surface area (Å²) in [5.74, 6) is 0.105. The van der Waals surface area contributed by atoms with Gasteiger partial charge in [-0.2, -0.15) is 0 Å². The van der Waals surface area contributed by atoms with Crippen molar-refractivity contribution in [3.63, 3.8) is 0 Å². The van der Waals surface area contributed by atoms with Crippen LogP contribution in [0.2, 0.25) is 0 Å². The Kier molecular flexibility index (Phi) is 4.67. The molecule has 0 fully saturated rings. The molecule has 21 heavy (non-hydrogen) atoms. The maximum Gasteiger partial charge on any atom is 0.303 e. The first kappa shape index (κ1) is 15.2. The van der Waals surface area contributed by atoms with E-state index in [0.29, 0.717) is 24.5 Å². The number of carboxylic acids is 1. The van der Waals surface area contributed by atoms with Gasteiger partial charge in [0.05, 0.1) is 0 Å². The minimum atomic E-state index is -0.865. The standard InChI is InChI=1S/C15H19NO5/c1-10-14(15(19)16(2)9-5-8-13(17)18)21-12-7-4-3-6-11(12)20-10/h3-4,6-7,10,14H,5,8-9H2,1-2H3,(H,17,18)/t10-,14-/m0/s1. The molecule has 6 nitrogen and oxygen atoms in total. The molecule has 6 heteroatoms. The van der Waals surface area contributed by atoms with Gasteiger partial charge in [0.15, 0.2) is 11.5 Å². The van der Waals surface area contributed by atoms with Gasteiger partial charge in [0.25, 0.3) is 5.91 Å². The van der Waals surface area contributed by atoms with Crippen molar-refractivity contribution < 1.29 is 24.2 Å². The van der Waals surface area contributed by atoms with Crippen molar-refractivity contribution >= 4 is 11.9 Å². The summed E-state index contributed by atoms with van der Waals surface area (Å²) in [5.41, 5.74) is 0. The van der Waals surface area contributed by atoms with Crippen LogP contribution in [0.1, 0.15) is 19.8 Å². The number of hydrogen-bond donors (Lipinski definition) is 1. The minimum Gasteiger partial charge on any atom is -0.482 e. The van der Waals surface area contributed by atoms with E-state index in [2.05, 4.69) is 0 Å². The Morgan fingerprint density at radius 3 is 2.48 bits per heavy atom. The number of likely N-dealkylation sites (N-methyl/N-ethyl adjacent to an activating group) is 1. The molecule has 1 aromatic rings. The summed E-state index contributed by atoms with van der Waals surface area (Å²) >= 11 is 0. The SMILES string of the molecule is C[C@@H]1Oc2ccccc2O[C@@H]1C(=O)N(C)CCCC(=O)O. The van der Waals surface area contributed by atoms with E-state index in [0.717, 1.165) is 0 Å². The van der Waals surface area contributed by atoms with E-state index in [-0.39, 0.29) is 12.3 Å². The van der Waals surface area contributed by atoms with Crippen molar-refractivity contribution in [2.45, 2.75) is 32.0 Å². The number of amides is 1. The molecule has 1 aliphatic heterocycles. The van der Waals surface area contributed by atoms with Gasteiger partial charge >= 0.3 is 5.97 Å². The van der Waals surface area contributed by atoms with Crippen molar-refractivity contribution in [1.82, 2.24) is 4.90 Å². The lowest BCUT2D eigenvalue weighted by atomic mass is 10.1. The predicted octanol–water partition coefficient (Wildman–Crippen LogP) is 1.54. The lowest BCUT2D eigenvalue weighted by molar-refractivity contribution is -0.144. The zero-order valence-corrected chi connectivity index (χ0v) is 12.1. The lowest BCUT2D eigenvalue weighted by Gasteiger charge is -2.33. The van der Waals surface area contributed by atoms with Crippen LogP contribution in [-0.2, 0) is 9.59 Å². The third kappa shape index (κ3) is 3.65. The summed E-state index contributed by atoms with van der Waals surface area (Å²) in [5, 5.41) is 8.62. The number of fused-ring (bicyclic) bond motifs is 1. The number of nitrogens with zero attached hydrogens (tertiary/aromatic N) is 1. The van der Waals surface area contributed by atoms with Crippen molar-refractivity contribution in [2.24, 2.45) is 0 Å². The molecule has 1 heterocycles. The number of ether oxygens (including phenoxy) is 2. The molecule has 0 saturated heterocycles. The van der Waals surface area contributed by atoms with Gasteiger partial charge in [-0.1, -0.05) is 12.1 Å². The van der Waals surface area contributed by atoms with Crippen LogP contribution in [0.15, 0.2) is 24.3 Å². The topological polar surface area (TPSA) is 76.1 Å². The van der Waals surface area contributed by atoms with E-state index in [1.165, 1.54) is 4.90 Å². The van der Waals surface area contributed by atoms with Gasteiger partial charge < -0.3 is 19.5 Å². The number of benzene rings is 1. The number of hydrogen-bond acceptors (Lipinski definition) is 4. The summed E-state index contributed by atoms with van der Waals surface area (Å²) in [4.78, 5) is 24.3. The number of carbonyl (C=O) groups is 2. The second kappa shape index (κ2) is 6.47. The van der Waals surface area contributed by atoms with Crippen LogP contribution >= 0.6 is 0 Å². The molecule has 0 saturated carbocycles. The van der Waals surface area contributed by atoms with E-state index in [4.69, 9.17) is 14.6 Å². The first-order valence-corrected chi connectivity index (χ1v) is 6.88. The van der Waals surface area contributed by atoms with Crippen molar-refractivity contribution in [3.8, 4) is 11.5 Å². The predicted molar refractivity (Wildman–Crippen MR) is 75.5 cm³/mol. The van der Waals surface area contributed by atoms with Gasteiger partial charge in [-0.25, -0.2) is 0 Å². The smallest absolute Gasteiger partial charge is 0.303 e. The largest absolute Gasteiger partial charge is 0.482 e. The molecule has 0 radical (unpaired) electrons. The summed E-state index contributed by atoms with van der Waals surface area (Å²) in [6, 6.07) is 7.21. The number of carboxylic acid groups (broad SMARTS) is 1. The Bertz CT molecular complexity index is 531. The molecule has 1 aliphatic rings. The first-order valence-electron chi connectivity index (χ1n) is 6.88. The fraction of sp³-hybridized carbons (Fsp3) is 0.467. The Morgan fingerprint density at radius 1 is 1.24 bits per heavy atom. The molecular formula is C15H19NO5. The van der Waals surface area contributed by atoms with Crippen LogP contribution in [0.4, 0.5) is 0 Å². The molecule has 0 aliphatic carbocycles. The van der Waals surface area contributed by atoms with Gasteiger partial charge in [0.1, 0.15) is 6.10 Å². The van der Waals surface area contributed by atoms with Crippen molar-refractivity contribution in [2.75, 3.05) is 13.6 Å². The summed E-state index contributed by atoms with van der Waals surface area (Å²) in [6.07, 6.45) is -0.655. The van der Waals surface area contributed by atoms with E-state index < -0.39 is 18.2 Å². The Hall–Kier alpha value is -2.24. The second-order valence-electron chi connectivity index (χ2n) is 5.07. The number of rotatable bonds is 5. The maximum absolute atomic E-state index is 12.4. The lowest BCUT2D eigenvalue weighted by Crippen LogP contribution is -2.49. The number of para-hydroxylation sites is 2. The fourth-order valence-corrected chi connectivity index (χ4v) is 2.19. The molecule has 114 valence electrons. The molecule has 2 atom stereocenters. The van der Waals surface area contributed by atoms with E-state index in [1.54, 1.807) is 26.1 Å². The van der Waals surface area contributed by atoms with Gasteiger partial charge in [0, 0.05) is 20.0 Å². The molecule has 1 amide bonds. The van der Waals surface area contributed by atoms with Crippen molar-refractivity contribution in [1.29, 1.82) is 0 Å². The van der Waals surface area contributed by atoms with Crippen LogP contribution in [0, 0.1) is 0 Å². The number of carbonyl (C=O) groups excluding carboxylic acids is 1. The number of aliphatic carboxylic acids is 1. The fourth-order valence-electron chi connectivity index (χ4n) is 2.19. The van der Waals surface area contributed by atoms with Crippen LogP contribution in [-0.4, -0.2) is 47.7 Å². The summed E-state index contributed by atoms with van der Waals surface area (Å²) in [7, 11) is 1.64. The van der Waals surface area contributed by atoms with E-state index in [9.17, 15) is 9.59 Å². The molecule has 1 N–H and O–H groups in total. The Morgan fingerprint density at radius 2 is 1.86 bits per heavy atom. The van der Waals surface area contributed by atoms with Gasteiger partial charge in [-0.05, 0) is 25.5 Å². The molecule has 0 unspecified atom stereocenters. The zero-order chi connectivity index (χ0) is 15.4. The average Bonchev–Trinajstić information content (AvgIpc) is 2.45. The normalized spacial score (nSPS) is 19.9. The minimum absolute atomic E-state index is 0.0397. The average molecular weight is 293 g/mol. The third-order valence-corrected chi connectivity index (χ3v) is 3.35. The van der Waals surface area contributed by atoms with Crippen LogP contribution < -0.4 is 9.47 Å². The van der Waals surface area contributed by atoms with Gasteiger partial charge in [-0.15, -0.1) is 0 Å². The monoisotopic (exact) mass is 293 g/mol. The quantitative estimate of drug-likeness (QED) is 0.891. The van der Waals surface area contributed by atoms with Crippen molar-refractivity contribution in [3.05, 3.63) is 24.3 Å². The van der Waals surface area contributed by atoms with Crippen LogP contribution in [0.25, 0.3) is 0 Å². The maximum atomic E-state index is 12.4. The second-order valence-corrected chi connectivity index (χ2v) is 5.07. The van der Waals surface area contributed by atoms with Gasteiger partial charge in [-0.3, -0.25) is 9.59 Å². The van der Waals surface area contributed by atoms with E-state index in [1.807, 2.05) is 12.1 Å². The molecule has 1 aromatic carbocycles. The molecule has 0 aromatic heterocycles. The first-order chi connectivity index (χ1) is 9.99. The molecule has 0 spiro atoms. The summed E-state index contributed by atoms with van der Waals surface area (Å²) in [6.45, 7) is 2.16. The Labute approximate surface area is 123 Å². The summed E-state index contributed by atoms with van der Waals surface area (Å²) < 4.78 is 11.4.